The summed E-state index contributed by atoms with van der Waals surface area (Å²) in [5, 5.41) is 9.27. The van der Waals surface area contributed by atoms with E-state index in [2.05, 4.69) is 4.90 Å². The Morgan fingerprint density at radius 1 is 1.08 bits per heavy atom. The molecule has 3 fully saturated rings. The number of carboxylic acid groups (broad SMARTS) is 1. The van der Waals surface area contributed by atoms with E-state index in [4.69, 9.17) is 4.74 Å². The van der Waals surface area contributed by atoms with Gasteiger partial charge in [0.1, 0.15) is 5.60 Å². The van der Waals surface area contributed by atoms with Crippen molar-refractivity contribution in [3.05, 3.63) is 0 Å². The van der Waals surface area contributed by atoms with Crippen LogP contribution in [0, 0.1) is 17.3 Å². The Kier molecular flexibility index (Phi) is 4.77. The molecule has 25 heavy (non-hydrogen) atoms. The second-order valence-corrected chi connectivity index (χ2v) is 9.45. The van der Waals surface area contributed by atoms with Crippen LogP contribution < -0.4 is 0 Å². The summed E-state index contributed by atoms with van der Waals surface area (Å²) in [7, 11) is 0. The first-order valence-corrected chi connectivity index (χ1v) is 9.53. The first-order chi connectivity index (χ1) is 11.6. The van der Waals surface area contributed by atoms with Crippen molar-refractivity contribution in [3.63, 3.8) is 0 Å². The molecule has 2 unspecified atom stereocenters. The molecule has 0 radical (unpaired) electrons. The molecule has 0 bridgehead atoms. The third-order valence-corrected chi connectivity index (χ3v) is 6.20. The van der Waals surface area contributed by atoms with Gasteiger partial charge in [0.25, 0.3) is 0 Å². The van der Waals surface area contributed by atoms with Gasteiger partial charge in [0, 0.05) is 25.7 Å². The van der Waals surface area contributed by atoms with Gasteiger partial charge in [0.05, 0.1) is 5.41 Å². The predicted octanol–water partition coefficient (Wildman–Crippen LogP) is 2.82. The van der Waals surface area contributed by atoms with Crippen LogP contribution in [0.4, 0.5) is 4.79 Å². The van der Waals surface area contributed by atoms with Crippen molar-refractivity contribution in [2.45, 2.75) is 65.0 Å². The minimum atomic E-state index is -0.664. The van der Waals surface area contributed by atoms with Gasteiger partial charge in [-0.2, -0.15) is 0 Å². The summed E-state index contributed by atoms with van der Waals surface area (Å²) in [6.45, 7) is 11.3. The molecule has 142 valence electrons. The summed E-state index contributed by atoms with van der Waals surface area (Å²) in [6, 6.07) is 0.425. The quantitative estimate of drug-likeness (QED) is 0.846. The maximum absolute atomic E-state index is 12.2. The molecular weight excluding hydrogens is 320 g/mol. The second-order valence-electron chi connectivity index (χ2n) is 9.45. The van der Waals surface area contributed by atoms with Crippen LogP contribution in [-0.2, 0) is 9.53 Å². The van der Waals surface area contributed by atoms with Crippen molar-refractivity contribution in [2.24, 2.45) is 17.3 Å². The highest BCUT2D eigenvalue weighted by molar-refractivity contribution is 5.75. The van der Waals surface area contributed by atoms with E-state index in [0.717, 1.165) is 51.9 Å². The lowest BCUT2D eigenvalue weighted by Crippen LogP contribution is -2.52. The average Bonchev–Trinajstić information content (AvgIpc) is 3.10. The Morgan fingerprint density at radius 3 is 2.28 bits per heavy atom. The van der Waals surface area contributed by atoms with Crippen LogP contribution in [0.5, 0.6) is 0 Å². The zero-order valence-corrected chi connectivity index (χ0v) is 16.0. The standard InChI is InChI=1S/C19H32N2O4/c1-18(2,3)25-17(24)21-8-6-14(12-21)13-5-7-20(11-13)15-9-19(4,10-15)16(22)23/h13-15H,5-12H2,1-4H3,(H,22,23). The number of hydrogen-bond donors (Lipinski definition) is 1. The number of carbonyl (C=O) groups is 2. The molecule has 2 heterocycles. The van der Waals surface area contributed by atoms with E-state index in [1.54, 1.807) is 0 Å². The molecule has 6 heteroatoms. The fourth-order valence-corrected chi connectivity index (χ4v) is 4.61. The fourth-order valence-electron chi connectivity index (χ4n) is 4.61. The normalized spacial score (nSPS) is 36.3. The third-order valence-electron chi connectivity index (χ3n) is 6.20. The molecule has 3 rings (SSSR count). The monoisotopic (exact) mass is 352 g/mol. The Hall–Kier alpha value is -1.30. The topological polar surface area (TPSA) is 70.1 Å². The Labute approximate surface area is 150 Å². The van der Waals surface area contributed by atoms with E-state index in [9.17, 15) is 14.7 Å². The zero-order valence-electron chi connectivity index (χ0n) is 16.0. The predicted molar refractivity (Wildman–Crippen MR) is 94.4 cm³/mol. The minimum absolute atomic E-state index is 0.193. The van der Waals surface area contributed by atoms with Gasteiger partial charge < -0.3 is 19.6 Å². The summed E-state index contributed by atoms with van der Waals surface area (Å²) < 4.78 is 5.48. The van der Waals surface area contributed by atoms with Gasteiger partial charge in [-0.15, -0.1) is 0 Å². The number of amides is 1. The van der Waals surface area contributed by atoms with Crippen molar-refractivity contribution in [1.82, 2.24) is 9.80 Å². The van der Waals surface area contributed by atoms with Crippen LogP contribution in [0.25, 0.3) is 0 Å². The molecule has 1 N–H and O–H groups in total. The number of nitrogens with zero attached hydrogens (tertiary/aromatic N) is 2. The van der Waals surface area contributed by atoms with Crippen LogP contribution in [0.3, 0.4) is 0 Å². The van der Waals surface area contributed by atoms with Crippen molar-refractivity contribution in [1.29, 1.82) is 0 Å². The van der Waals surface area contributed by atoms with Gasteiger partial charge in [-0.3, -0.25) is 4.79 Å². The number of aliphatic carboxylic acids is 1. The summed E-state index contributed by atoms with van der Waals surface area (Å²) >= 11 is 0. The van der Waals surface area contributed by atoms with E-state index in [0.29, 0.717) is 17.9 Å². The van der Waals surface area contributed by atoms with Gasteiger partial charge in [0.2, 0.25) is 0 Å². The maximum Gasteiger partial charge on any atom is 0.410 e. The minimum Gasteiger partial charge on any atom is -0.481 e. The second kappa shape index (κ2) is 6.45. The Morgan fingerprint density at radius 2 is 1.68 bits per heavy atom. The summed E-state index contributed by atoms with van der Waals surface area (Å²) in [5.41, 5.74) is -0.968. The van der Waals surface area contributed by atoms with Gasteiger partial charge in [-0.05, 0) is 71.8 Å². The number of hydrogen-bond acceptors (Lipinski definition) is 4. The van der Waals surface area contributed by atoms with Crippen LogP contribution >= 0.6 is 0 Å². The molecule has 1 aliphatic carbocycles. The van der Waals surface area contributed by atoms with Crippen LogP contribution in [-0.4, -0.2) is 64.8 Å². The molecule has 2 aliphatic heterocycles. The number of carbonyl (C=O) groups excluding carboxylic acids is 1. The number of rotatable bonds is 3. The molecule has 0 spiro atoms. The van der Waals surface area contributed by atoms with Gasteiger partial charge in [0.15, 0.2) is 0 Å². The molecule has 1 amide bonds. The average molecular weight is 352 g/mol. The molecular formula is C19H32N2O4. The van der Waals surface area contributed by atoms with Crippen molar-refractivity contribution in [3.8, 4) is 0 Å². The van der Waals surface area contributed by atoms with Gasteiger partial charge >= 0.3 is 12.1 Å². The zero-order chi connectivity index (χ0) is 18.4. The van der Waals surface area contributed by atoms with E-state index < -0.39 is 17.0 Å². The van der Waals surface area contributed by atoms with E-state index in [-0.39, 0.29) is 6.09 Å². The Bertz CT molecular complexity index is 536. The molecule has 0 aromatic rings. The molecule has 1 saturated carbocycles. The van der Waals surface area contributed by atoms with Gasteiger partial charge in [-0.25, -0.2) is 4.79 Å². The lowest BCUT2D eigenvalue weighted by Gasteiger charge is -2.46. The fraction of sp³-hybridized carbons (Fsp3) is 0.895. The molecule has 2 saturated heterocycles. The first-order valence-electron chi connectivity index (χ1n) is 9.53. The van der Waals surface area contributed by atoms with Crippen LogP contribution in [0.15, 0.2) is 0 Å². The highest BCUT2D eigenvalue weighted by atomic mass is 16.6. The molecule has 0 aromatic carbocycles. The summed E-state index contributed by atoms with van der Waals surface area (Å²) in [4.78, 5) is 27.8. The summed E-state index contributed by atoms with van der Waals surface area (Å²) in [5.74, 6) is 0.496. The molecule has 6 nitrogen and oxygen atoms in total. The third kappa shape index (κ3) is 3.94. The SMILES string of the molecule is CC(C)(C)OC(=O)N1CCC(C2CCN(C3CC(C)(C(=O)O)C3)C2)C1. The highest BCUT2D eigenvalue weighted by Gasteiger charge is 2.50. The number of ether oxygens (including phenoxy) is 1. The summed E-state index contributed by atoms with van der Waals surface area (Å²) in [6.07, 6.45) is 3.55. The largest absolute Gasteiger partial charge is 0.481 e. The maximum atomic E-state index is 12.2. The smallest absolute Gasteiger partial charge is 0.410 e. The van der Waals surface area contributed by atoms with Gasteiger partial charge in [-0.1, -0.05) is 0 Å². The Balaban J connectivity index is 1.46. The lowest BCUT2D eigenvalue weighted by atomic mass is 9.66. The van der Waals surface area contributed by atoms with Crippen molar-refractivity contribution in [2.75, 3.05) is 26.2 Å². The van der Waals surface area contributed by atoms with Crippen molar-refractivity contribution < 1.29 is 19.4 Å². The molecule has 3 aliphatic rings. The lowest BCUT2D eigenvalue weighted by molar-refractivity contribution is -0.157. The first kappa shape index (κ1) is 18.5. The molecule has 2 atom stereocenters. The number of likely N-dealkylation sites (tertiary alicyclic amines) is 2. The van der Waals surface area contributed by atoms with E-state index >= 15 is 0 Å². The number of carboxylic acids is 1. The highest BCUT2D eigenvalue weighted by Crippen LogP contribution is 2.45. The van der Waals surface area contributed by atoms with Crippen LogP contribution in [0.2, 0.25) is 0 Å². The molecule has 0 aromatic heterocycles. The van der Waals surface area contributed by atoms with Crippen LogP contribution in [0.1, 0.15) is 53.4 Å². The van der Waals surface area contributed by atoms with Crippen molar-refractivity contribution >= 4 is 12.1 Å². The van der Waals surface area contributed by atoms with E-state index in [1.807, 2.05) is 32.6 Å². The van der Waals surface area contributed by atoms with E-state index in [1.165, 1.54) is 0 Å².